The molecule has 1 aromatic carbocycles. The van der Waals surface area contributed by atoms with Gasteiger partial charge in [-0.3, -0.25) is 0 Å². The summed E-state index contributed by atoms with van der Waals surface area (Å²) in [5.41, 5.74) is -1.97. The average Bonchev–Trinajstić information content (AvgIpc) is 2.74. The Hall–Kier alpha value is -2.51. The number of aromatic carboxylic acids is 1. The Balaban J connectivity index is 0.000000303. The number of aryl methyl sites for hydroxylation is 1. The van der Waals surface area contributed by atoms with Crippen LogP contribution in [-0.4, -0.2) is 5.97 Å². The topological polar surface area (TPSA) is 44.0 Å². The van der Waals surface area contributed by atoms with Crippen molar-refractivity contribution in [3.8, 4) is 0 Å². The number of carboxylic acid groups (broad SMARTS) is 1. The van der Waals surface area contributed by atoms with E-state index < -0.39 is 40.6 Å². The van der Waals surface area contributed by atoms with E-state index in [4.69, 9.17) is 0 Å². The van der Waals surface area contributed by atoms with E-state index in [1.54, 1.807) is 0 Å². The van der Waals surface area contributed by atoms with Crippen LogP contribution in [-0.2, 0) is 6.54 Å². The van der Waals surface area contributed by atoms with Crippen LogP contribution in [0.5, 0.6) is 0 Å². The van der Waals surface area contributed by atoms with Crippen LogP contribution in [0.25, 0.3) is 0 Å². The Morgan fingerprint density at radius 3 is 1.63 bits per heavy atom. The van der Waals surface area contributed by atoms with Gasteiger partial charge in [-0.2, -0.15) is 0 Å². The summed E-state index contributed by atoms with van der Waals surface area (Å²) in [4.78, 5) is 10.0. The van der Waals surface area contributed by atoms with Gasteiger partial charge in [0.15, 0.2) is 35.7 Å². The maximum absolute atomic E-state index is 12.5. The highest BCUT2D eigenvalue weighted by atomic mass is 19.2. The number of halogens is 5. The van der Waals surface area contributed by atoms with E-state index >= 15 is 0 Å². The minimum absolute atomic E-state index is 1.18. The van der Waals surface area contributed by atoms with Gasteiger partial charge >= 0.3 is 0 Å². The second-order valence-electron chi connectivity index (χ2n) is 6.82. The third-order valence-electron chi connectivity index (χ3n) is 4.46. The number of aromatic nitrogens is 1. The van der Waals surface area contributed by atoms with Crippen LogP contribution >= 0.6 is 0 Å². The van der Waals surface area contributed by atoms with Gasteiger partial charge in [0, 0.05) is 18.6 Å². The van der Waals surface area contributed by atoms with Gasteiger partial charge in [0.05, 0.1) is 11.5 Å². The molecule has 0 saturated heterocycles. The van der Waals surface area contributed by atoms with Crippen molar-refractivity contribution in [3.63, 3.8) is 0 Å². The Bertz CT molecular complexity index is 771. The fourth-order valence-electron chi connectivity index (χ4n) is 2.80. The van der Waals surface area contributed by atoms with Gasteiger partial charge in [-0.15, -0.1) is 0 Å². The van der Waals surface area contributed by atoms with Crippen molar-refractivity contribution < 1.29 is 36.4 Å². The summed E-state index contributed by atoms with van der Waals surface area (Å²) >= 11 is 0. The molecule has 0 amide bonds. The van der Waals surface area contributed by atoms with E-state index in [9.17, 15) is 31.9 Å². The number of carbonyl (C=O) groups excluding carboxylic acids is 1. The van der Waals surface area contributed by atoms with Crippen molar-refractivity contribution in [2.24, 2.45) is 0 Å². The molecule has 0 atom stereocenters. The second kappa shape index (κ2) is 13.7. The Morgan fingerprint density at radius 1 is 0.733 bits per heavy atom. The maximum atomic E-state index is 12.5. The van der Waals surface area contributed by atoms with E-state index in [-0.39, 0.29) is 0 Å². The molecule has 1 heterocycles. The van der Waals surface area contributed by atoms with Gasteiger partial charge in [0.2, 0.25) is 5.82 Å². The van der Waals surface area contributed by atoms with Crippen LogP contribution in [0, 0.1) is 29.1 Å². The normalized spacial score (nSPS) is 10.5. The number of nitrogens with zero attached hydrogens (tertiary/aromatic N) is 1. The molecular weight excluding hydrogens is 405 g/mol. The molecule has 0 aliphatic rings. The van der Waals surface area contributed by atoms with Gasteiger partial charge in [0.25, 0.3) is 0 Å². The first-order chi connectivity index (χ1) is 14.3. The van der Waals surface area contributed by atoms with Crippen molar-refractivity contribution >= 4 is 5.97 Å². The third-order valence-corrected chi connectivity index (χ3v) is 4.46. The van der Waals surface area contributed by atoms with E-state index in [0.717, 1.165) is 0 Å². The first kappa shape index (κ1) is 25.5. The monoisotopic (exact) mass is 431 g/mol. The molecular formula is C22H26F5NO2. The first-order valence-electron chi connectivity index (χ1n) is 9.98. The minimum Gasteiger partial charge on any atom is -0.545 e. The molecule has 0 saturated carbocycles. The highest BCUT2D eigenvalue weighted by molar-refractivity contribution is 5.86. The Morgan fingerprint density at radius 2 is 1.17 bits per heavy atom. The van der Waals surface area contributed by atoms with Crippen molar-refractivity contribution in [1.29, 1.82) is 0 Å². The highest BCUT2D eigenvalue weighted by Crippen LogP contribution is 2.22. The number of unbranched alkanes of at least 4 members (excludes halogenated alkanes) is 7. The molecule has 0 aliphatic carbocycles. The van der Waals surface area contributed by atoms with Gasteiger partial charge in [-0.1, -0.05) is 51.5 Å². The molecule has 2 aromatic rings. The maximum Gasteiger partial charge on any atom is 0.200 e. The van der Waals surface area contributed by atoms with Crippen molar-refractivity contribution in [2.45, 2.75) is 64.8 Å². The summed E-state index contributed by atoms with van der Waals surface area (Å²) in [6.07, 6.45) is 15.5. The molecule has 0 fully saturated rings. The molecule has 2 rings (SSSR count). The number of carbonyl (C=O) groups is 1. The van der Waals surface area contributed by atoms with E-state index in [1.165, 1.54) is 57.9 Å². The smallest absolute Gasteiger partial charge is 0.200 e. The molecule has 3 nitrogen and oxygen atoms in total. The predicted octanol–water partition coefficient (Wildman–Crippen LogP) is 4.86. The highest BCUT2D eigenvalue weighted by Gasteiger charge is 2.25. The molecule has 0 unspecified atom stereocenters. The average molecular weight is 431 g/mol. The number of benzene rings is 1. The van der Waals surface area contributed by atoms with Crippen LogP contribution < -0.4 is 9.67 Å². The number of hydrogen-bond donors (Lipinski definition) is 0. The molecule has 0 radical (unpaired) electrons. The molecule has 30 heavy (non-hydrogen) atoms. The van der Waals surface area contributed by atoms with Crippen LogP contribution in [0.15, 0.2) is 30.6 Å². The predicted molar refractivity (Wildman–Crippen MR) is 99.8 cm³/mol. The number of pyridine rings is 1. The zero-order chi connectivity index (χ0) is 22.5. The Labute approximate surface area is 173 Å². The summed E-state index contributed by atoms with van der Waals surface area (Å²) < 4.78 is 64.2. The lowest BCUT2D eigenvalue weighted by Crippen LogP contribution is -2.32. The van der Waals surface area contributed by atoms with Gasteiger partial charge < -0.3 is 9.90 Å². The summed E-state index contributed by atoms with van der Waals surface area (Å²) in [6, 6.07) is 6.28. The number of rotatable bonds is 10. The Kier molecular flexibility index (Phi) is 11.6. The standard InChI is InChI=1S/C15H26N.C7HF5O2/c1-2-3-4-5-6-7-8-10-13-16-14-11-9-12-15-16;8-2-1(7(13)14)3(9)5(11)6(12)4(2)10/h9,11-12,14-15H,2-8,10,13H2,1H3;(H,13,14)/q+1;/p-1. The molecule has 0 spiro atoms. The lowest BCUT2D eigenvalue weighted by atomic mass is 10.1. The number of hydrogen-bond acceptors (Lipinski definition) is 2. The van der Waals surface area contributed by atoms with Crippen molar-refractivity contribution in [3.05, 3.63) is 65.2 Å². The molecule has 0 aliphatic heterocycles. The largest absolute Gasteiger partial charge is 0.545 e. The second-order valence-corrected chi connectivity index (χ2v) is 6.82. The molecule has 1 aromatic heterocycles. The van der Waals surface area contributed by atoms with E-state index in [1.807, 2.05) is 0 Å². The quantitative estimate of drug-likeness (QED) is 0.177. The molecule has 8 heteroatoms. The zero-order valence-electron chi connectivity index (χ0n) is 16.9. The van der Waals surface area contributed by atoms with Gasteiger partial charge in [-0.25, -0.2) is 26.5 Å². The summed E-state index contributed by atoms with van der Waals surface area (Å²) in [5, 5.41) is 10.0. The third kappa shape index (κ3) is 8.08. The summed E-state index contributed by atoms with van der Waals surface area (Å²) in [5.74, 6) is -14.4. The minimum atomic E-state index is -2.47. The SMILES string of the molecule is CCCCCCCCCC[n+]1ccccc1.O=C([O-])c1c(F)c(F)c(F)c(F)c1F. The number of carboxylic acids is 1. The van der Waals surface area contributed by atoms with Crippen LogP contribution in [0.3, 0.4) is 0 Å². The van der Waals surface area contributed by atoms with Crippen LogP contribution in [0.4, 0.5) is 22.0 Å². The zero-order valence-corrected chi connectivity index (χ0v) is 16.9. The fourth-order valence-corrected chi connectivity index (χ4v) is 2.80. The summed E-state index contributed by atoms with van der Waals surface area (Å²) in [6.45, 7) is 3.45. The van der Waals surface area contributed by atoms with E-state index in [0.29, 0.717) is 0 Å². The lowest BCUT2D eigenvalue weighted by Gasteiger charge is -2.07. The fraction of sp³-hybridized carbons (Fsp3) is 0.455. The van der Waals surface area contributed by atoms with Crippen LogP contribution in [0.1, 0.15) is 68.6 Å². The summed E-state index contributed by atoms with van der Waals surface area (Å²) in [7, 11) is 0. The molecule has 0 bridgehead atoms. The van der Waals surface area contributed by atoms with Gasteiger partial charge in [0.1, 0.15) is 6.54 Å². The van der Waals surface area contributed by atoms with Crippen molar-refractivity contribution in [2.75, 3.05) is 0 Å². The molecule has 0 N–H and O–H groups in total. The molecule has 166 valence electrons. The lowest BCUT2D eigenvalue weighted by molar-refractivity contribution is -0.697. The van der Waals surface area contributed by atoms with Crippen molar-refractivity contribution in [1.82, 2.24) is 0 Å². The first-order valence-corrected chi connectivity index (χ1v) is 9.98. The van der Waals surface area contributed by atoms with Crippen LogP contribution in [0.2, 0.25) is 0 Å². The van der Waals surface area contributed by atoms with Gasteiger partial charge in [-0.05, 0) is 6.42 Å². The van der Waals surface area contributed by atoms with E-state index in [2.05, 4.69) is 42.1 Å².